The normalized spacial score (nSPS) is 14.5. The molecule has 7 heteroatoms. The molecule has 1 saturated heterocycles. The lowest BCUT2D eigenvalue weighted by atomic mass is 10.0. The number of amides is 2. The number of nitrogens with zero attached hydrogens (tertiary/aromatic N) is 2. The van der Waals surface area contributed by atoms with Gasteiger partial charge in [-0.15, -0.1) is 0 Å². The third kappa shape index (κ3) is 5.26. The van der Waals surface area contributed by atoms with Gasteiger partial charge in [0.2, 0.25) is 5.91 Å². The highest BCUT2D eigenvalue weighted by Gasteiger charge is 2.21. The number of carbonyl (C=O) groups is 2. The summed E-state index contributed by atoms with van der Waals surface area (Å²) in [5.41, 5.74) is 1.49. The van der Waals surface area contributed by atoms with Crippen molar-refractivity contribution in [2.75, 3.05) is 32.7 Å². The molecule has 4 rings (SSSR count). The van der Waals surface area contributed by atoms with Gasteiger partial charge in [0, 0.05) is 45.7 Å². The first-order chi connectivity index (χ1) is 15.5. The van der Waals surface area contributed by atoms with Crippen LogP contribution in [0, 0.1) is 5.82 Å². The number of fused-ring (bicyclic) bond motifs is 1. The molecule has 1 fully saturated rings. The van der Waals surface area contributed by atoms with Crippen molar-refractivity contribution in [3.05, 3.63) is 82.6 Å². The van der Waals surface area contributed by atoms with Gasteiger partial charge in [-0.05, 0) is 34.5 Å². The first-order valence-electron chi connectivity index (χ1n) is 10.7. The highest BCUT2D eigenvalue weighted by molar-refractivity contribution is 6.33. The minimum atomic E-state index is -0.499. The van der Waals surface area contributed by atoms with Gasteiger partial charge in [-0.3, -0.25) is 14.5 Å². The zero-order valence-electron chi connectivity index (χ0n) is 17.7. The molecule has 5 nitrogen and oxygen atoms in total. The quantitative estimate of drug-likeness (QED) is 0.611. The molecule has 0 unspecified atom stereocenters. The van der Waals surface area contributed by atoms with Crippen molar-refractivity contribution < 1.29 is 14.0 Å². The molecule has 0 aromatic heterocycles. The maximum atomic E-state index is 13.1. The van der Waals surface area contributed by atoms with Gasteiger partial charge in [-0.1, -0.05) is 54.1 Å². The summed E-state index contributed by atoms with van der Waals surface area (Å²) in [7, 11) is 0. The lowest BCUT2D eigenvalue weighted by molar-refractivity contribution is -0.132. The van der Waals surface area contributed by atoms with Crippen LogP contribution in [0.2, 0.25) is 5.02 Å². The molecule has 2 amide bonds. The highest BCUT2D eigenvalue weighted by atomic mass is 35.5. The van der Waals surface area contributed by atoms with E-state index in [0.29, 0.717) is 13.1 Å². The predicted molar refractivity (Wildman–Crippen MR) is 124 cm³/mol. The molecule has 0 radical (unpaired) electrons. The number of hydrogen-bond acceptors (Lipinski definition) is 3. The lowest BCUT2D eigenvalue weighted by Gasteiger charge is -2.35. The summed E-state index contributed by atoms with van der Waals surface area (Å²) in [5.74, 6) is -0.899. The molecule has 3 aromatic rings. The zero-order chi connectivity index (χ0) is 22.5. The summed E-state index contributed by atoms with van der Waals surface area (Å²) in [6.45, 7) is 4.03. The number of nitrogens with one attached hydrogen (secondary N) is 1. The van der Waals surface area contributed by atoms with Gasteiger partial charge in [-0.2, -0.15) is 0 Å². The largest absolute Gasteiger partial charge is 0.351 e. The van der Waals surface area contributed by atoms with Crippen molar-refractivity contribution in [1.29, 1.82) is 0 Å². The van der Waals surface area contributed by atoms with Gasteiger partial charge in [0.15, 0.2) is 0 Å². The van der Waals surface area contributed by atoms with Gasteiger partial charge in [-0.25, -0.2) is 4.39 Å². The average molecular weight is 454 g/mol. The third-order valence-corrected chi connectivity index (χ3v) is 6.11. The number of carbonyl (C=O) groups excluding carboxylic acids is 2. The molecule has 1 aliphatic rings. The fourth-order valence-electron chi connectivity index (χ4n) is 4.04. The van der Waals surface area contributed by atoms with Crippen LogP contribution in [-0.4, -0.2) is 54.3 Å². The monoisotopic (exact) mass is 453 g/mol. The third-order valence-electron chi connectivity index (χ3n) is 5.80. The van der Waals surface area contributed by atoms with Crippen LogP contribution in [-0.2, 0) is 11.3 Å². The van der Waals surface area contributed by atoms with E-state index in [1.165, 1.54) is 28.5 Å². The van der Waals surface area contributed by atoms with E-state index in [-0.39, 0.29) is 29.5 Å². The molecular formula is C25H25ClFN3O2. The van der Waals surface area contributed by atoms with E-state index in [9.17, 15) is 14.0 Å². The standard InChI is InChI=1S/C25H25ClFN3O2/c26-23-16-20(27)8-9-22(23)25(32)28-11-10-24(31)30-14-12-29(13-15-30)17-19-6-3-5-18-4-1-2-7-21(18)19/h1-9,16H,10-15,17H2,(H,28,32). The van der Waals surface area contributed by atoms with E-state index in [4.69, 9.17) is 11.6 Å². The Morgan fingerprint density at radius 1 is 0.969 bits per heavy atom. The number of benzene rings is 3. The van der Waals surface area contributed by atoms with Crippen LogP contribution in [0.4, 0.5) is 4.39 Å². The molecule has 1 heterocycles. The second-order valence-electron chi connectivity index (χ2n) is 7.93. The van der Waals surface area contributed by atoms with Crippen molar-refractivity contribution >= 4 is 34.2 Å². The molecule has 166 valence electrons. The second-order valence-corrected chi connectivity index (χ2v) is 8.33. The number of piperazine rings is 1. The fourth-order valence-corrected chi connectivity index (χ4v) is 4.29. The number of halogens is 2. The van der Waals surface area contributed by atoms with Crippen LogP contribution in [0.25, 0.3) is 10.8 Å². The Morgan fingerprint density at radius 3 is 2.50 bits per heavy atom. The van der Waals surface area contributed by atoms with Crippen LogP contribution in [0.3, 0.4) is 0 Å². The highest BCUT2D eigenvalue weighted by Crippen LogP contribution is 2.21. The Balaban J connectivity index is 1.23. The molecule has 0 aliphatic carbocycles. The zero-order valence-corrected chi connectivity index (χ0v) is 18.4. The van der Waals surface area contributed by atoms with Crippen molar-refractivity contribution in [3.8, 4) is 0 Å². The Kier molecular flexibility index (Phi) is 7.02. The van der Waals surface area contributed by atoms with Crippen molar-refractivity contribution in [3.63, 3.8) is 0 Å². The van der Waals surface area contributed by atoms with Crippen molar-refractivity contribution in [2.24, 2.45) is 0 Å². The molecular weight excluding hydrogens is 429 g/mol. The van der Waals surface area contributed by atoms with Crippen LogP contribution < -0.4 is 5.32 Å². The minimum Gasteiger partial charge on any atom is -0.351 e. The maximum absolute atomic E-state index is 13.1. The van der Waals surface area contributed by atoms with Crippen LogP contribution in [0.15, 0.2) is 60.7 Å². The Labute approximate surface area is 191 Å². The molecule has 0 bridgehead atoms. The van der Waals surface area contributed by atoms with Gasteiger partial charge < -0.3 is 10.2 Å². The predicted octanol–water partition coefficient (Wildman–Crippen LogP) is 4.10. The Morgan fingerprint density at radius 2 is 1.72 bits per heavy atom. The van der Waals surface area contributed by atoms with E-state index in [1.807, 2.05) is 11.0 Å². The summed E-state index contributed by atoms with van der Waals surface area (Å²) in [4.78, 5) is 29.0. The molecule has 1 aliphatic heterocycles. The smallest absolute Gasteiger partial charge is 0.252 e. The summed E-state index contributed by atoms with van der Waals surface area (Å²) < 4.78 is 13.1. The van der Waals surface area contributed by atoms with Crippen LogP contribution >= 0.6 is 11.6 Å². The lowest BCUT2D eigenvalue weighted by Crippen LogP contribution is -2.48. The van der Waals surface area contributed by atoms with E-state index in [1.54, 1.807) is 0 Å². The summed E-state index contributed by atoms with van der Waals surface area (Å²) in [6, 6.07) is 18.4. The SMILES string of the molecule is O=C(NCCC(=O)N1CCN(Cc2cccc3ccccc23)CC1)c1ccc(F)cc1Cl. The van der Waals surface area contributed by atoms with E-state index in [0.717, 1.165) is 25.7 Å². The minimum absolute atomic E-state index is 0.0142. The van der Waals surface area contributed by atoms with E-state index < -0.39 is 11.7 Å². The molecule has 0 saturated carbocycles. The summed E-state index contributed by atoms with van der Waals surface area (Å²) >= 11 is 5.91. The van der Waals surface area contributed by atoms with Crippen molar-refractivity contribution in [1.82, 2.24) is 15.1 Å². The van der Waals surface area contributed by atoms with Gasteiger partial charge in [0.1, 0.15) is 5.82 Å². The van der Waals surface area contributed by atoms with Crippen LogP contribution in [0.5, 0.6) is 0 Å². The van der Waals surface area contributed by atoms with Crippen LogP contribution in [0.1, 0.15) is 22.3 Å². The Hall–Kier alpha value is -2.96. The first-order valence-corrected chi connectivity index (χ1v) is 11.1. The summed E-state index contributed by atoms with van der Waals surface area (Å²) in [6.07, 6.45) is 0.216. The summed E-state index contributed by atoms with van der Waals surface area (Å²) in [5, 5.41) is 5.24. The van der Waals surface area contributed by atoms with Gasteiger partial charge in [0.25, 0.3) is 5.91 Å². The Bertz CT molecular complexity index is 1120. The van der Waals surface area contributed by atoms with E-state index >= 15 is 0 Å². The maximum Gasteiger partial charge on any atom is 0.252 e. The van der Waals surface area contributed by atoms with Gasteiger partial charge >= 0.3 is 0 Å². The van der Waals surface area contributed by atoms with Crippen molar-refractivity contribution in [2.45, 2.75) is 13.0 Å². The molecule has 0 atom stereocenters. The second kappa shape index (κ2) is 10.1. The number of rotatable bonds is 6. The van der Waals surface area contributed by atoms with Gasteiger partial charge in [0.05, 0.1) is 10.6 Å². The molecule has 0 spiro atoms. The first kappa shape index (κ1) is 22.2. The molecule has 1 N–H and O–H groups in total. The topological polar surface area (TPSA) is 52.7 Å². The number of hydrogen-bond donors (Lipinski definition) is 1. The molecule has 3 aromatic carbocycles. The fraction of sp³-hybridized carbons (Fsp3) is 0.280. The average Bonchev–Trinajstić information content (AvgIpc) is 2.79. The van der Waals surface area contributed by atoms with E-state index in [2.05, 4.69) is 46.6 Å². The molecule has 32 heavy (non-hydrogen) atoms.